The van der Waals surface area contributed by atoms with Gasteiger partial charge in [-0.1, -0.05) is 49.9 Å². The van der Waals surface area contributed by atoms with Crippen molar-refractivity contribution in [3.63, 3.8) is 0 Å². The van der Waals surface area contributed by atoms with Gasteiger partial charge in [-0.15, -0.1) is 11.6 Å². The molecule has 0 N–H and O–H groups in total. The average Bonchev–Trinajstić information content (AvgIpc) is 2.23. The third kappa shape index (κ3) is 3.27. The summed E-state index contributed by atoms with van der Waals surface area (Å²) in [5, 5.41) is 1.34. The summed E-state index contributed by atoms with van der Waals surface area (Å²) in [5.41, 5.74) is 0.944. The van der Waals surface area contributed by atoms with E-state index in [4.69, 9.17) is 34.8 Å². The Balaban J connectivity index is 2.98. The van der Waals surface area contributed by atoms with Gasteiger partial charge in [-0.05, 0) is 29.7 Å². The first-order valence-corrected chi connectivity index (χ1v) is 6.38. The summed E-state index contributed by atoms with van der Waals surface area (Å²) in [6.07, 6.45) is 2.10. The van der Waals surface area contributed by atoms with E-state index in [1.807, 2.05) is 6.07 Å². The van der Waals surface area contributed by atoms with Crippen LogP contribution in [-0.4, -0.2) is 0 Å². The third-order valence-electron chi connectivity index (χ3n) is 2.72. The maximum atomic E-state index is 6.41. The van der Waals surface area contributed by atoms with Gasteiger partial charge in [0.25, 0.3) is 0 Å². The zero-order valence-corrected chi connectivity index (χ0v) is 11.2. The molecule has 84 valence electrons. The monoisotopic (exact) mass is 264 g/mol. The van der Waals surface area contributed by atoms with Crippen LogP contribution < -0.4 is 0 Å². The second-order valence-electron chi connectivity index (χ2n) is 3.64. The van der Waals surface area contributed by atoms with E-state index in [1.54, 1.807) is 12.1 Å². The van der Waals surface area contributed by atoms with Crippen molar-refractivity contribution < 1.29 is 0 Å². The average molecular weight is 266 g/mol. The third-order valence-corrected chi connectivity index (χ3v) is 3.89. The Morgan fingerprint density at radius 3 is 2.27 bits per heavy atom. The van der Waals surface area contributed by atoms with Crippen molar-refractivity contribution >= 4 is 34.8 Å². The highest BCUT2D eigenvalue weighted by Crippen LogP contribution is 2.38. The number of halogens is 3. The summed E-state index contributed by atoms with van der Waals surface area (Å²) in [4.78, 5) is 0. The first-order valence-electron chi connectivity index (χ1n) is 5.19. The molecule has 0 aliphatic heterocycles. The van der Waals surface area contributed by atoms with Crippen molar-refractivity contribution in [2.24, 2.45) is 5.92 Å². The number of alkyl halides is 1. The highest BCUT2D eigenvalue weighted by Gasteiger charge is 2.20. The van der Waals surface area contributed by atoms with Crippen LogP contribution in [0.2, 0.25) is 10.0 Å². The molecule has 0 spiro atoms. The number of benzene rings is 1. The smallest absolute Gasteiger partial charge is 0.0628 e. The zero-order valence-electron chi connectivity index (χ0n) is 8.93. The lowest BCUT2D eigenvalue weighted by Crippen LogP contribution is -2.06. The number of hydrogen-bond donors (Lipinski definition) is 0. The first kappa shape index (κ1) is 13.2. The molecule has 0 radical (unpaired) electrons. The number of rotatable bonds is 4. The van der Waals surface area contributed by atoms with E-state index in [-0.39, 0.29) is 5.38 Å². The molecule has 0 bridgehead atoms. The predicted octanol–water partition coefficient (Wildman–Crippen LogP) is 5.71. The highest BCUT2D eigenvalue weighted by atomic mass is 35.5. The maximum absolute atomic E-state index is 6.41. The fourth-order valence-electron chi connectivity index (χ4n) is 1.68. The summed E-state index contributed by atoms with van der Waals surface area (Å²) in [5.74, 6) is 0.447. The van der Waals surface area contributed by atoms with E-state index in [0.29, 0.717) is 16.0 Å². The van der Waals surface area contributed by atoms with Gasteiger partial charge in [0, 0.05) is 10.0 Å². The van der Waals surface area contributed by atoms with Crippen LogP contribution in [0.3, 0.4) is 0 Å². The Bertz CT molecular complexity index is 319. The Hall–Kier alpha value is 0.0900. The van der Waals surface area contributed by atoms with Gasteiger partial charge in [-0.2, -0.15) is 0 Å². The molecule has 1 aromatic carbocycles. The molecule has 15 heavy (non-hydrogen) atoms. The van der Waals surface area contributed by atoms with E-state index in [0.717, 1.165) is 18.4 Å². The van der Waals surface area contributed by atoms with Crippen LogP contribution in [0.4, 0.5) is 0 Å². The Kier molecular flexibility index (Phi) is 5.25. The van der Waals surface area contributed by atoms with E-state index in [2.05, 4.69) is 13.8 Å². The van der Waals surface area contributed by atoms with E-state index in [9.17, 15) is 0 Å². The molecule has 1 atom stereocenters. The molecule has 0 saturated heterocycles. The van der Waals surface area contributed by atoms with Gasteiger partial charge in [-0.25, -0.2) is 0 Å². The van der Waals surface area contributed by atoms with E-state index < -0.39 is 0 Å². The Morgan fingerprint density at radius 1 is 1.13 bits per heavy atom. The summed E-state index contributed by atoms with van der Waals surface area (Å²) in [7, 11) is 0. The fourth-order valence-corrected chi connectivity index (χ4v) is 2.69. The van der Waals surface area contributed by atoms with Crippen LogP contribution in [0.25, 0.3) is 0 Å². The quantitative estimate of drug-likeness (QED) is 0.612. The SMILES string of the molecule is CCC(CC)C(Cl)c1cc(Cl)ccc1Cl. The lowest BCUT2D eigenvalue weighted by atomic mass is 9.94. The number of hydrogen-bond acceptors (Lipinski definition) is 0. The van der Waals surface area contributed by atoms with Crippen LogP contribution in [-0.2, 0) is 0 Å². The van der Waals surface area contributed by atoms with Crippen LogP contribution in [0.15, 0.2) is 18.2 Å². The molecule has 1 unspecified atom stereocenters. The van der Waals surface area contributed by atoms with Crippen molar-refractivity contribution in [1.82, 2.24) is 0 Å². The fraction of sp³-hybridized carbons (Fsp3) is 0.500. The zero-order chi connectivity index (χ0) is 11.4. The van der Waals surface area contributed by atoms with Gasteiger partial charge in [0.05, 0.1) is 5.38 Å². The van der Waals surface area contributed by atoms with Crippen LogP contribution >= 0.6 is 34.8 Å². The van der Waals surface area contributed by atoms with Crippen LogP contribution in [0.5, 0.6) is 0 Å². The van der Waals surface area contributed by atoms with Crippen LogP contribution in [0, 0.1) is 5.92 Å². The van der Waals surface area contributed by atoms with Crippen molar-refractivity contribution in [2.75, 3.05) is 0 Å². The van der Waals surface area contributed by atoms with Gasteiger partial charge >= 0.3 is 0 Å². The Morgan fingerprint density at radius 2 is 1.73 bits per heavy atom. The molecule has 1 aromatic rings. The molecular weight excluding hydrogens is 250 g/mol. The standard InChI is InChI=1S/C12H15Cl3/c1-3-8(4-2)12(15)10-7-9(13)5-6-11(10)14/h5-8,12H,3-4H2,1-2H3. The molecule has 0 aliphatic carbocycles. The molecule has 0 aliphatic rings. The van der Waals surface area contributed by atoms with Crippen molar-refractivity contribution in [3.05, 3.63) is 33.8 Å². The predicted molar refractivity (Wildman–Crippen MR) is 69.1 cm³/mol. The second-order valence-corrected chi connectivity index (χ2v) is 4.96. The van der Waals surface area contributed by atoms with Gasteiger partial charge < -0.3 is 0 Å². The molecule has 0 saturated carbocycles. The van der Waals surface area contributed by atoms with Gasteiger partial charge in [0.1, 0.15) is 0 Å². The second kappa shape index (κ2) is 5.98. The molecule has 3 heteroatoms. The van der Waals surface area contributed by atoms with Gasteiger partial charge in [0.15, 0.2) is 0 Å². The largest absolute Gasteiger partial charge is 0.117 e. The lowest BCUT2D eigenvalue weighted by Gasteiger charge is -2.20. The maximum Gasteiger partial charge on any atom is 0.0628 e. The molecule has 0 heterocycles. The lowest BCUT2D eigenvalue weighted by molar-refractivity contribution is 0.476. The van der Waals surface area contributed by atoms with Crippen molar-refractivity contribution in [1.29, 1.82) is 0 Å². The molecular formula is C12H15Cl3. The highest BCUT2D eigenvalue weighted by molar-refractivity contribution is 6.34. The van der Waals surface area contributed by atoms with E-state index in [1.165, 1.54) is 0 Å². The first-order chi connectivity index (χ1) is 7.10. The van der Waals surface area contributed by atoms with E-state index >= 15 is 0 Å². The summed E-state index contributed by atoms with van der Waals surface area (Å²) in [6, 6.07) is 5.45. The Labute approximate surface area is 107 Å². The van der Waals surface area contributed by atoms with Crippen molar-refractivity contribution in [3.8, 4) is 0 Å². The molecule has 0 aromatic heterocycles. The summed E-state index contributed by atoms with van der Waals surface area (Å²) in [6.45, 7) is 4.28. The van der Waals surface area contributed by atoms with Crippen LogP contribution in [0.1, 0.15) is 37.6 Å². The molecule has 1 rings (SSSR count). The topological polar surface area (TPSA) is 0 Å². The van der Waals surface area contributed by atoms with Gasteiger partial charge in [-0.3, -0.25) is 0 Å². The minimum absolute atomic E-state index is 0.0498. The molecule has 0 fully saturated rings. The summed E-state index contributed by atoms with van der Waals surface area (Å²) < 4.78 is 0. The normalized spacial score (nSPS) is 13.2. The minimum Gasteiger partial charge on any atom is -0.117 e. The minimum atomic E-state index is -0.0498. The molecule has 0 nitrogen and oxygen atoms in total. The van der Waals surface area contributed by atoms with Gasteiger partial charge in [0.2, 0.25) is 0 Å². The van der Waals surface area contributed by atoms with Crippen molar-refractivity contribution in [2.45, 2.75) is 32.1 Å². The molecule has 0 amide bonds. The summed E-state index contributed by atoms with van der Waals surface area (Å²) >= 11 is 18.4.